The van der Waals surface area contributed by atoms with Crippen molar-refractivity contribution in [2.24, 2.45) is 5.10 Å². The van der Waals surface area contributed by atoms with E-state index in [0.717, 1.165) is 0 Å². The van der Waals surface area contributed by atoms with Crippen LogP contribution in [0.25, 0.3) is 0 Å². The minimum Gasteiger partial charge on any atom is -0.272 e. The molecular formula is C11H8N4O. The summed E-state index contributed by atoms with van der Waals surface area (Å²) in [7, 11) is 0. The molecule has 0 aliphatic rings. The van der Waals surface area contributed by atoms with Crippen molar-refractivity contribution in [1.29, 1.82) is 10.5 Å². The zero-order valence-electron chi connectivity index (χ0n) is 8.34. The largest absolute Gasteiger partial charge is 0.272 e. The van der Waals surface area contributed by atoms with Crippen LogP contribution in [-0.4, -0.2) is 11.6 Å². The first-order chi connectivity index (χ1) is 7.77. The van der Waals surface area contributed by atoms with Crippen molar-refractivity contribution in [3.63, 3.8) is 0 Å². The summed E-state index contributed by atoms with van der Waals surface area (Å²) in [5.74, 6) is -0.536. The van der Waals surface area contributed by atoms with Crippen LogP contribution in [0.5, 0.6) is 0 Å². The van der Waals surface area contributed by atoms with E-state index in [-0.39, 0.29) is 12.1 Å². The molecule has 0 fully saturated rings. The minimum atomic E-state index is -0.536. The molecule has 1 aromatic carbocycles. The molecule has 1 N–H and O–H groups in total. The standard InChI is InChI=1S/C11H8N4O/c12-7-6-11(16)15-14-10(8-13)9-4-2-1-3-5-9/h1-5H,6H2,(H,15,16)/b14-10-. The topological polar surface area (TPSA) is 89.0 Å². The van der Waals surface area contributed by atoms with Crippen LogP contribution in [0.2, 0.25) is 0 Å². The van der Waals surface area contributed by atoms with Gasteiger partial charge in [0.1, 0.15) is 12.5 Å². The fraction of sp³-hybridized carbons (Fsp3) is 0.0909. The highest BCUT2D eigenvalue weighted by molar-refractivity contribution is 6.11. The van der Waals surface area contributed by atoms with Gasteiger partial charge in [0.25, 0.3) is 5.91 Å². The van der Waals surface area contributed by atoms with E-state index < -0.39 is 5.91 Å². The average Bonchev–Trinajstić information content (AvgIpc) is 2.31. The third-order valence-corrected chi connectivity index (χ3v) is 1.69. The fourth-order valence-electron chi connectivity index (χ4n) is 0.980. The maximum absolute atomic E-state index is 10.9. The molecule has 5 heteroatoms. The highest BCUT2D eigenvalue weighted by Gasteiger charge is 2.02. The molecule has 1 amide bonds. The van der Waals surface area contributed by atoms with Gasteiger partial charge in [-0.05, 0) is 0 Å². The van der Waals surface area contributed by atoms with Gasteiger partial charge in [-0.15, -0.1) is 0 Å². The van der Waals surface area contributed by atoms with Crippen molar-refractivity contribution < 1.29 is 4.79 Å². The van der Waals surface area contributed by atoms with E-state index in [1.165, 1.54) is 0 Å². The van der Waals surface area contributed by atoms with E-state index in [0.29, 0.717) is 5.56 Å². The Morgan fingerprint density at radius 1 is 1.31 bits per heavy atom. The van der Waals surface area contributed by atoms with Crippen molar-refractivity contribution in [1.82, 2.24) is 5.43 Å². The van der Waals surface area contributed by atoms with Gasteiger partial charge in [0.05, 0.1) is 6.07 Å². The van der Waals surface area contributed by atoms with Gasteiger partial charge in [-0.25, -0.2) is 5.43 Å². The Balaban J connectivity index is 2.78. The second-order valence-corrected chi connectivity index (χ2v) is 2.81. The number of hydrogen-bond acceptors (Lipinski definition) is 4. The molecule has 1 rings (SSSR count). The van der Waals surface area contributed by atoms with E-state index in [4.69, 9.17) is 10.5 Å². The van der Waals surface area contributed by atoms with Crippen molar-refractivity contribution in [2.75, 3.05) is 0 Å². The molecule has 0 atom stereocenters. The van der Waals surface area contributed by atoms with Crippen molar-refractivity contribution in [2.45, 2.75) is 6.42 Å². The highest BCUT2D eigenvalue weighted by atomic mass is 16.2. The molecule has 0 aliphatic carbocycles. The van der Waals surface area contributed by atoms with Gasteiger partial charge in [-0.1, -0.05) is 30.3 Å². The van der Waals surface area contributed by atoms with Crippen molar-refractivity contribution in [3.8, 4) is 12.1 Å². The molecule has 0 heterocycles. The Morgan fingerprint density at radius 2 is 2.00 bits per heavy atom. The Labute approximate surface area is 92.6 Å². The van der Waals surface area contributed by atoms with E-state index in [1.54, 1.807) is 30.3 Å². The quantitative estimate of drug-likeness (QED) is 0.597. The zero-order chi connectivity index (χ0) is 11.8. The van der Waals surface area contributed by atoms with Crippen LogP contribution in [0, 0.1) is 22.7 Å². The van der Waals surface area contributed by atoms with E-state index >= 15 is 0 Å². The SMILES string of the molecule is N#CCC(=O)N/N=C(/C#N)c1ccccc1. The lowest BCUT2D eigenvalue weighted by atomic mass is 10.1. The molecule has 78 valence electrons. The first-order valence-electron chi connectivity index (χ1n) is 4.47. The smallest absolute Gasteiger partial charge is 0.254 e. The number of carbonyl (C=O) groups is 1. The molecule has 0 aliphatic heterocycles. The van der Waals surface area contributed by atoms with Gasteiger partial charge >= 0.3 is 0 Å². The highest BCUT2D eigenvalue weighted by Crippen LogP contribution is 1.99. The summed E-state index contributed by atoms with van der Waals surface area (Å²) in [4.78, 5) is 10.9. The maximum Gasteiger partial charge on any atom is 0.254 e. The van der Waals surface area contributed by atoms with Crippen LogP contribution in [0.1, 0.15) is 12.0 Å². The molecule has 0 spiro atoms. The van der Waals surface area contributed by atoms with Crippen LogP contribution in [0.15, 0.2) is 35.4 Å². The fourth-order valence-corrected chi connectivity index (χ4v) is 0.980. The number of carbonyl (C=O) groups excluding carboxylic acids is 1. The number of benzene rings is 1. The third-order valence-electron chi connectivity index (χ3n) is 1.69. The van der Waals surface area contributed by atoms with E-state index in [9.17, 15) is 4.79 Å². The second kappa shape index (κ2) is 5.94. The number of hydrazone groups is 1. The summed E-state index contributed by atoms with van der Waals surface area (Å²) in [6.07, 6.45) is -0.281. The number of rotatable bonds is 3. The number of nitriles is 2. The molecular weight excluding hydrogens is 204 g/mol. The van der Waals surface area contributed by atoms with Crippen LogP contribution in [-0.2, 0) is 4.79 Å². The zero-order valence-corrected chi connectivity index (χ0v) is 8.34. The summed E-state index contributed by atoms with van der Waals surface area (Å²) < 4.78 is 0. The van der Waals surface area contributed by atoms with Crippen molar-refractivity contribution in [3.05, 3.63) is 35.9 Å². The van der Waals surface area contributed by atoms with Gasteiger partial charge in [0.2, 0.25) is 0 Å². The van der Waals surface area contributed by atoms with Crippen molar-refractivity contribution >= 4 is 11.6 Å². The van der Waals surface area contributed by atoms with Gasteiger partial charge in [0, 0.05) is 5.56 Å². The molecule has 1 aromatic rings. The summed E-state index contributed by atoms with van der Waals surface area (Å²) >= 11 is 0. The Bertz CT molecular complexity index is 479. The molecule has 0 saturated carbocycles. The van der Waals surface area contributed by atoms with Crippen LogP contribution in [0.4, 0.5) is 0 Å². The molecule has 0 aromatic heterocycles. The van der Waals surface area contributed by atoms with Crippen LogP contribution in [0.3, 0.4) is 0 Å². The first-order valence-corrected chi connectivity index (χ1v) is 4.47. The first kappa shape index (κ1) is 11.4. The third kappa shape index (κ3) is 3.24. The number of nitrogens with one attached hydrogen (secondary N) is 1. The van der Waals surface area contributed by atoms with Gasteiger partial charge in [0.15, 0.2) is 5.71 Å². The van der Waals surface area contributed by atoms with Gasteiger partial charge < -0.3 is 0 Å². The second-order valence-electron chi connectivity index (χ2n) is 2.81. The van der Waals surface area contributed by atoms with Gasteiger partial charge in [-0.2, -0.15) is 15.6 Å². The predicted molar refractivity (Wildman–Crippen MR) is 57.0 cm³/mol. The molecule has 5 nitrogen and oxygen atoms in total. The molecule has 16 heavy (non-hydrogen) atoms. The summed E-state index contributed by atoms with van der Waals surface area (Å²) in [6, 6.07) is 12.3. The van der Waals surface area contributed by atoms with Crippen LogP contribution < -0.4 is 5.43 Å². The minimum absolute atomic E-state index is 0.104. The Hall–Kier alpha value is -2.66. The lowest BCUT2D eigenvalue weighted by Crippen LogP contribution is -2.18. The Morgan fingerprint density at radius 3 is 2.56 bits per heavy atom. The number of nitrogens with zero attached hydrogens (tertiary/aromatic N) is 3. The summed E-state index contributed by atoms with van der Waals surface area (Å²) in [5.41, 5.74) is 2.85. The van der Waals surface area contributed by atoms with Gasteiger partial charge in [-0.3, -0.25) is 4.79 Å². The average molecular weight is 212 g/mol. The van der Waals surface area contributed by atoms with Crippen LogP contribution >= 0.6 is 0 Å². The summed E-state index contributed by atoms with van der Waals surface area (Å²) in [6.45, 7) is 0. The maximum atomic E-state index is 10.9. The normalized spacial score (nSPS) is 10.0. The predicted octanol–water partition coefficient (Wildman–Crippen LogP) is 0.944. The Kier molecular flexibility index (Phi) is 4.24. The molecule has 0 bridgehead atoms. The van der Waals surface area contributed by atoms with E-state index in [1.807, 2.05) is 12.1 Å². The lowest BCUT2D eigenvalue weighted by Gasteiger charge is -1.98. The number of hydrogen-bond donors (Lipinski definition) is 1. The number of amides is 1. The molecule has 0 radical (unpaired) electrons. The molecule has 0 saturated heterocycles. The monoisotopic (exact) mass is 212 g/mol. The summed E-state index contributed by atoms with van der Waals surface area (Å²) in [5, 5.41) is 20.7. The lowest BCUT2D eigenvalue weighted by molar-refractivity contribution is -0.120. The molecule has 0 unspecified atom stereocenters. The van der Waals surface area contributed by atoms with E-state index in [2.05, 4.69) is 10.5 Å².